The van der Waals surface area contributed by atoms with Crippen LogP contribution in [0.3, 0.4) is 0 Å². The SMILES string of the molecule is Fc1cnccc1C1=Nc2cc(C(F)(F)F)ccc2C1. The van der Waals surface area contributed by atoms with E-state index in [1.165, 1.54) is 18.3 Å². The second-order valence-electron chi connectivity index (χ2n) is 4.43. The van der Waals surface area contributed by atoms with Crippen molar-refractivity contribution < 1.29 is 17.6 Å². The van der Waals surface area contributed by atoms with E-state index < -0.39 is 17.6 Å². The van der Waals surface area contributed by atoms with Gasteiger partial charge in [0.15, 0.2) is 5.82 Å². The van der Waals surface area contributed by atoms with Crippen LogP contribution in [0.2, 0.25) is 0 Å². The maximum atomic E-state index is 13.6. The number of rotatable bonds is 1. The highest BCUT2D eigenvalue weighted by atomic mass is 19.4. The first-order valence-electron chi connectivity index (χ1n) is 5.83. The van der Waals surface area contributed by atoms with Crippen LogP contribution < -0.4 is 0 Å². The van der Waals surface area contributed by atoms with Gasteiger partial charge in [-0.05, 0) is 23.8 Å². The van der Waals surface area contributed by atoms with Gasteiger partial charge in [-0.3, -0.25) is 9.98 Å². The molecule has 2 nitrogen and oxygen atoms in total. The Morgan fingerprint density at radius 2 is 1.90 bits per heavy atom. The third-order valence-corrected chi connectivity index (χ3v) is 3.11. The summed E-state index contributed by atoms with van der Waals surface area (Å²) < 4.78 is 51.5. The van der Waals surface area contributed by atoms with Crippen LogP contribution in [0.25, 0.3) is 0 Å². The summed E-state index contributed by atoms with van der Waals surface area (Å²) >= 11 is 0. The number of aliphatic imine (C=N–C) groups is 1. The van der Waals surface area contributed by atoms with E-state index in [0.29, 0.717) is 17.7 Å². The minimum Gasteiger partial charge on any atom is -0.262 e. The number of hydrogen-bond acceptors (Lipinski definition) is 2. The molecule has 3 rings (SSSR count). The lowest BCUT2D eigenvalue weighted by Crippen LogP contribution is -2.05. The fraction of sp³-hybridized carbons (Fsp3) is 0.143. The molecule has 0 radical (unpaired) electrons. The van der Waals surface area contributed by atoms with Crippen molar-refractivity contribution in [1.29, 1.82) is 0 Å². The topological polar surface area (TPSA) is 25.2 Å². The van der Waals surface area contributed by atoms with Crippen molar-refractivity contribution in [3.05, 3.63) is 59.2 Å². The molecule has 0 N–H and O–H groups in total. The first kappa shape index (κ1) is 12.8. The highest BCUT2D eigenvalue weighted by Gasteiger charge is 2.32. The summed E-state index contributed by atoms with van der Waals surface area (Å²) in [7, 11) is 0. The lowest BCUT2D eigenvalue weighted by atomic mass is 10.0. The first-order valence-corrected chi connectivity index (χ1v) is 5.83. The van der Waals surface area contributed by atoms with Crippen LogP contribution in [-0.4, -0.2) is 10.7 Å². The van der Waals surface area contributed by atoms with Gasteiger partial charge in [0.25, 0.3) is 0 Å². The molecule has 6 heteroatoms. The normalized spacial score (nSPS) is 14.1. The van der Waals surface area contributed by atoms with Crippen LogP contribution in [0.1, 0.15) is 16.7 Å². The summed E-state index contributed by atoms with van der Waals surface area (Å²) in [5.41, 5.74) is 0.829. The molecule has 2 heterocycles. The van der Waals surface area contributed by atoms with E-state index in [2.05, 4.69) is 9.98 Å². The van der Waals surface area contributed by atoms with Crippen LogP contribution >= 0.6 is 0 Å². The minimum absolute atomic E-state index is 0.242. The van der Waals surface area contributed by atoms with Gasteiger partial charge >= 0.3 is 6.18 Å². The number of benzene rings is 1. The Morgan fingerprint density at radius 3 is 2.60 bits per heavy atom. The predicted octanol–water partition coefficient (Wildman–Crippen LogP) is 3.92. The number of aromatic nitrogens is 1. The second kappa shape index (κ2) is 4.40. The summed E-state index contributed by atoms with van der Waals surface area (Å²) in [6.07, 6.45) is -1.61. The van der Waals surface area contributed by atoms with E-state index in [0.717, 1.165) is 18.3 Å². The summed E-state index contributed by atoms with van der Waals surface area (Å²) in [5, 5.41) is 0. The lowest BCUT2D eigenvalue weighted by molar-refractivity contribution is -0.137. The molecule has 2 aromatic rings. The predicted molar refractivity (Wildman–Crippen MR) is 65.5 cm³/mol. The van der Waals surface area contributed by atoms with Crippen LogP contribution in [0.4, 0.5) is 23.2 Å². The average molecular weight is 280 g/mol. The summed E-state index contributed by atoms with van der Waals surface area (Å²) in [4.78, 5) is 7.74. The number of hydrogen-bond donors (Lipinski definition) is 0. The van der Waals surface area contributed by atoms with Crippen LogP contribution in [0.15, 0.2) is 41.7 Å². The maximum Gasteiger partial charge on any atom is 0.416 e. The highest BCUT2D eigenvalue weighted by molar-refractivity contribution is 6.06. The molecule has 0 bridgehead atoms. The molecular weight excluding hydrogens is 272 g/mol. The number of pyridine rings is 1. The maximum absolute atomic E-state index is 13.6. The van der Waals surface area contributed by atoms with Gasteiger partial charge in [0.2, 0.25) is 0 Å². The van der Waals surface area contributed by atoms with Crippen molar-refractivity contribution >= 4 is 11.4 Å². The van der Waals surface area contributed by atoms with Crippen LogP contribution in [0.5, 0.6) is 0 Å². The monoisotopic (exact) mass is 280 g/mol. The molecule has 102 valence electrons. The molecule has 0 saturated carbocycles. The van der Waals surface area contributed by atoms with Gasteiger partial charge in [-0.2, -0.15) is 13.2 Å². The largest absolute Gasteiger partial charge is 0.416 e. The molecule has 0 spiro atoms. The Hall–Kier alpha value is -2.24. The van der Waals surface area contributed by atoms with E-state index >= 15 is 0 Å². The molecular formula is C14H8F4N2. The summed E-state index contributed by atoms with van der Waals surface area (Å²) in [6, 6.07) is 4.85. The van der Waals surface area contributed by atoms with Crippen molar-refractivity contribution in [1.82, 2.24) is 4.98 Å². The molecule has 1 aromatic carbocycles. The zero-order chi connectivity index (χ0) is 14.3. The van der Waals surface area contributed by atoms with Gasteiger partial charge in [-0.15, -0.1) is 0 Å². The Morgan fingerprint density at radius 1 is 1.10 bits per heavy atom. The molecule has 0 amide bonds. The quantitative estimate of drug-likeness (QED) is 0.727. The Bertz CT molecular complexity index is 705. The van der Waals surface area contributed by atoms with E-state index in [4.69, 9.17) is 0 Å². The number of halogens is 4. The van der Waals surface area contributed by atoms with Crippen LogP contribution in [-0.2, 0) is 12.6 Å². The number of alkyl halides is 3. The highest BCUT2D eigenvalue weighted by Crippen LogP contribution is 2.36. The van der Waals surface area contributed by atoms with Gasteiger partial charge in [-0.1, -0.05) is 6.07 Å². The molecule has 0 saturated heterocycles. The molecule has 0 fully saturated rings. The molecule has 1 aliphatic heterocycles. The van der Waals surface area contributed by atoms with Gasteiger partial charge in [0.1, 0.15) is 0 Å². The zero-order valence-corrected chi connectivity index (χ0v) is 10.1. The van der Waals surface area contributed by atoms with Crippen molar-refractivity contribution in [2.24, 2.45) is 4.99 Å². The molecule has 1 aliphatic rings. The average Bonchev–Trinajstić information content (AvgIpc) is 2.80. The summed E-state index contributed by atoms with van der Waals surface area (Å²) in [6.45, 7) is 0. The summed E-state index contributed by atoms with van der Waals surface area (Å²) in [5.74, 6) is -0.532. The van der Waals surface area contributed by atoms with Crippen molar-refractivity contribution in [3.8, 4) is 0 Å². The van der Waals surface area contributed by atoms with E-state index in [9.17, 15) is 17.6 Å². The third kappa shape index (κ3) is 2.17. The Balaban J connectivity index is 2.02. The van der Waals surface area contributed by atoms with Gasteiger partial charge in [-0.25, -0.2) is 4.39 Å². The Kier molecular flexibility index (Phi) is 2.81. The molecule has 20 heavy (non-hydrogen) atoms. The zero-order valence-electron chi connectivity index (χ0n) is 10.1. The molecule has 0 unspecified atom stereocenters. The number of nitrogens with zero attached hydrogens (tertiary/aromatic N) is 2. The molecule has 0 atom stereocenters. The second-order valence-corrected chi connectivity index (χ2v) is 4.43. The number of fused-ring (bicyclic) bond motifs is 1. The lowest BCUT2D eigenvalue weighted by Gasteiger charge is -2.07. The molecule has 0 aliphatic carbocycles. The van der Waals surface area contributed by atoms with Crippen molar-refractivity contribution in [2.75, 3.05) is 0 Å². The fourth-order valence-corrected chi connectivity index (χ4v) is 2.12. The van der Waals surface area contributed by atoms with Gasteiger partial charge in [0, 0.05) is 18.2 Å². The van der Waals surface area contributed by atoms with Gasteiger partial charge < -0.3 is 0 Å². The van der Waals surface area contributed by atoms with E-state index in [1.54, 1.807) is 0 Å². The molecule has 1 aromatic heterocycles. The van der Waals surface area contributed by atoms with E-state index in [-0.39, 0.29) is 11.3 Å². The van der Waals surface area contributed by atoms with E-state index in [1.807, 2.05) is 0 Å². The Labute approximate surface area is 111 Å². The fourth-order valence-electron chi connectivity index (χ4n) is 2.12. The van der Waals surface area contributed by atoms with Gasteiger partial charge in [0.05, 0.1) is 23.2 Å². The minimum atomic E-state index is -4.41. The standard InChI is InChI=1S/C14H8F4N2/c15-11-7-19-4-3-10(11)13-5-8-1-2-9(14(16,17)18)6-12(8)20-13/h1-4,6-7H,5H2. The first-order chi connectivity index (χ1) is 9.45. The van der Waals surface area contributed by atoms with Crippen molar-refractivity contribution in [3.63, 3.8) is 0 Å². The smallest absolute Gasteiger partial charge is 0.262 e. The van der Waals surface area contributed by atoms with Crippen LogP contribution in [0, 0.1) is 5.82 Å². The van der Waals surface area contributed by atoms with Crippen molar-refractivity contribution in [2.45, 2.75) is 12.6 Å². The third-order valence-electron chi connectivity index (χ3n) is 3.11.